The first-order valence-corrected chi connectivity index (χ1v) is 3.39. The maximum absolute atomic E-state index is 2.22. The van der Waals surface area contributed by atoms with Gasteiger partial charge in [-0.05, 0) is 19.8 Å². The van der Waals surface area contributed by atoms with Crippen molar-refractivity contribution in [3.63, 3.8) is 0 Å². The van der Waals surface area contributed by atoms with Crippen molar-refractivity contribution in [3.05, 3.63) is 36.0 Å². The van der Waals surface area contributed by atoms with Gasteiger partial charge in [0.2, 0.25) is 0 Å². The van der Waals surface area contributed by atoms with E-state index in [-0.39, 0.29) is 0 Å². The second-order valence-electron chi connectivity index (χ2n) is 2.32. The molecule has 0 nitrogen and oxygen atoms in total. The summed E-state index contributed by atoms with van der Waals surface area (Å²) >= 11 is 0. The van der Waals surface area contributed by atoms with Crippen LogP contribution in [0, 0.1) is 0 Å². The first kappa shape index (κ1) is 6.34. The molecule has 0 spiro atoms. The van der Waals surface area contributed by atoms with E-state index in [1.807, 2.05) is 0 Å². The van der Waals surface area contributed by atoms with Crippen molar-refractivity contribution in [1.82, 2.24) is 0 Å². The molecule has 0 aromatic rings. The Morgan fingerprint density at radius 2 is 2.00 bits per heavy atom. The van der Waals surface area contributed by atoms with Crippen molar-refractivity contribution >= 4 is 0 Å². The highest BCUT2D eigenvalue weighted by atomic mass is 13.9. The molecule has 0 aromatic carbocycles. The molecule has 0 saturated carbocycles. The monoisotopic (exact) mass is 120 g/mol. The number of hydrogen-bond acceptors (Lipinski definition) is 0. The largest absolute Gasteiger partial charge is 0.0842 e. The molecule has 0 aliphatic heterocycles. The van der Waals surface area contributed by atoms with Crippen LogP contribution in [0.15, 0.2) is 36.0 Å². The van der Waals surface area contributed by atoms with Crippen LogP contribution in [0.1, 0.15) is 19.8 Å². The van der Waals surface area contributed by atoms with Gasteiger partial charge in [-0.3, -0.25) is 0 Å². The number of hydrogen-bond donors (Lipinski definition) is 0. The lowest BCUT2D eigenvalue weighted by Crippen LogP contribution is -1.72. The molecule has 0 amide bonds. The van der Waals surface area contributed by atoms with Crippen LogP contribution in [0.3, 0.4) is 0 Å². The van der Waals surface area contributed by atoms with Crippen molar-refractivity contribution in [2.75, 3.05) is 0 Å². The molecule has 0 bridgehead atoms. The third-order valence-electron chi connectivity index (χ3n) is 1.38. The summed E-state index contributed by atoms with van der Waals surface area (Å²) in [5, 5.41) is 0. The van der Waals surface area contributed by atoms with Crippen LogP contribution in [0.4, 0.5) is 0 Å². The molecule has 1 rings (SSSR count). The first-order chi connectivity index (χ1) is 4.39. The highest BCUT2D eigenvalue weighted by Gasteiger charge is 1.82. The van der Waals surface area contributed by atoms with Gasteiger partial charge in [-0.1, -0.05) is 36.0 Å². The van der Waals surface area contributed by atoms with Crippen LogP contribution in [-0.4, -0.2) is 0 Å². The van der Waals surface area contributed by atoms with E-state index in [4.69, 9.17) is 0 Å². The number of allylic oxidation sites excluding steroid dienone is 6. The van der Waals surface area contributed by atoms with E-state index >= 15 is 0 Å². The van der Waals surface area contributed by atoms with Crippen LogP contribution in [0.2, 0.25) is 0 Å². The summed E-state index contributed by atoms with van der Waals surface area (Å²) in [4.78, 5) is 0. The Balaban J connectivity index is 2.66. The summed E-state index contributed by atoms with van der Waals surface area (Å²) in [5.74, 6) is 0. The predicted octanol–water partition coefficient (Wildman–Crippen LogP) is 2.84. The van der Waals surface area contributed by atoms with Crippen molar-refractivity contribution in [2.45, 2.75) is 19.8 Å². The molecule has 0 atom stereocenters. The number of rotatable bonds is 0. The molecule has 0 heterocycles. The lowest BCUT2D eigenvalue weighted by atomic mass is 10.1. The Bertz CT molecular complexity index is 159. The first-order valence-electron chi connectivity index (χ1n) is 3.39. The van der Waals surface area contributed by atoms with Crippen molar-refractivity contribution in [3.8, 4) is 0 Å². The Labute approximate surface area is 56.6 Å². The molecule has 0 heteroatoms. The van der Waals surface area contributed by atoms with Crippen LogP contribution in [-0.2, 0) is 0 Å². The second kappa shape index (κ2) is 3.29. The molecule has 0 aromatic heterocycles. The van der Waals surface area contributed by atoms with Gasteiger partial charge in [-0.2, -0.15) is 0 Å². The Morgan fingerprint density at radius 1 is 1.22 bits per heavy atom. The summed E-state index contributed by atoms with van der Waals surface area (Å²) in [7, 11) is 0. The Hall–Kier alpha value is -0.780. The smallest absolute Gasteiger partial charge is 0.0313 e. The fourth-order valence-electron chi connectivity index (χ4n) is 0.833. The lowest BCUT2D eigenvalue weighted by Gasteiger charge is -1.92. The molecule has 0 radical (unpaired) electrons. The standard InChI is InChI=1S/C9H12/c1-9-7-5-3-2-4-6-8-9/h3,5-8H,2,4H2,1H3/b5-3-,8-6-,9-7-. The van der Waals surface area contributed by atoms with E-state index in [2.05, 4.69) is 37.3 Å². The fraction of sp³-hybridized carbons (Fsp3) is 0.333. The van der Waals surface area contributed by atoms with E-state index < -0.39 is 0 Å². The van der Waals surface area contributed by atoms with Gasteiger partial charge >= 0.3 is 0 Å². The molecular formula is C9H12. The molecular weight excluding hydrogens is 108 g/mol. The zero-order valence-electron chi connectivity index (χ0n) is 5.80. The zero-order valence-corrected chi connectivity index (χ0v) is 5.80. The summed E-state index contributed by atoms with van der Waals surface area (Å²) in [5.41, 5.74) is 1.34. The van der Waals surface area contributed by atoms with E-state index in [0.29, 0.717) is 0 Å². The average Bonchev–Trinajstić information content (AvgIpc) is 1.79. The molecule has 1 aliphatic carbocycles. The summed E-state index contributed by atoms with van der Waals surface area (Å²) in [6, 6.07) is 0. The molecule has 48 valence electrons. The average molecular weight is 120 g/mol. The van der Waals surface area contributed by atoms with Gasteiger partial charge in [0.1, 0.15) is 0 Å². The SMILES string of the molecule is CC1=C/C=C\CC/C=C\1. The Kier molecular flexibility index (Phi) is 2.32. The van der Waals surface area contributed by atoms with Gasteiger partial charge in [-0.15, -0.1) is 0 Å². The highest BCUT2D eigenvalue weighted by Crippen LogP contribution is 2.03. The van der Waals surface area contributed by atoms with Crippen molar-refractivity contribution < 1.29 is 0 Å². The normalized spacial score (nSPS) is 31.4. The molecule has 0 fully saturated rings. The maximum Gasteiger partial charge on any atom is -0.0313 e. The highest BCUT2D eigenvalue weighted by molar-refractivity contribution is 5.22. The van der Waals surface area contributed by atoms with E-state index in [1.165, 1.54) is 18.4 Å². The molecule has 0 saturated heterocycles. The predicted molar refractivity (Wildman–Crippen MR) is 41.3 cm³/mol. The van der Waals surface area contributed by atoms with Gasteiger partial charge < -0.3 is 0 Å². The summed E-state index contributed by atoms with van der Waals surface area (Å²) in [6.45, 7) is 2.12. The Morgan fingerprint density at radius 3 is 2.89 bits per heavy atom. The summed E-state index contributed by atoms with van der Waals surface area (Å²) in [6.07, 6.45) is 13.2. The quantitative estimate of drug-likeness (QED) is 0.461. The summed E-state index contributed by atoms with van der Waals surface area (Å²) < 4.78 is 0. The van der Waals surface area contributed by atoms with Crippen LogP contribution < -0.4 is 0 Å². The van der Waals surface area contributed by atoms with Gasteiger partial charge in [-0.25, -0.2) is 0 Å². The van der Waals surface area contributed by atoms with Gasteiger partial charge in [0.05, 0.1) is 0 Å². The van der Waals surface area contributed by atoms with Crippen LogP contribution >= 0.6 is 0 Å². The van der Waals surface area contributed by atoms with Gasteiger partial charge in [0, 0.05) is 0 Å². The third kappa shape index (κ3) is 2.31. The molecule has 0 N–H and O–H groups in total. The van der Waals surface area contributed by atoms with Crippen molar-refractivity contribution in [2.24, 2.45) is 0 Å². The van der Waals surface area contributed by atoms with E-state index in [0.717, 1.165) is 0 Å². The van der Waals surface area contributed by atoms with Crippen LogP contribution in [0.5, 0.6) is 0 Å². The van der Waals surface area contributed by atoms with Gasteiger partial charge in [0.25, 0.3) is 0 Å². The topological polar surface area (TPSA) is 0 Å². The zero-order chi connectivity index (χ0) is 6.53. The van der Waals surface area contributed by atoms with Crippen LogP contribution in [0.25, 0.3) is 0 Å². The molecule has 1 aliphatic rings. The van der Waals surface area contributed by atoms with E-state index in [9.17, 15) is 0 Å². The fourth-order valence-corrected chi connectivity index (χ4v) is 0.833. The molecule has 9 heavy (non-hydrogen) atoms. The lowest BCUT2D eigenvalue weighted by molar-refractivity contribution is 1.05. The minimum atomic E-state index is 1.18. The second-order valence-corrected chi connectivity index (χ2v) is 2.32. The van der Waals surface area contributed by atoms with Crippen molar-refractivity contribution in [1.29, 1.82) is 0 Å². The maximum atomic E-state index is 2.22. The minimum Gasteiger partial charge on any atom is -0.0842 e. The third-order valence-corrected chi connectivity index (χ3v) is 1.38. The minimum absolute atomic E-state index is 1.18. The molecule has 0 unspecified atom stereocenters. The van der Waals surface area contributed by atoms with Gasteiger partial charge in [0.15, 0.2) is 0 Å². The van der Waals surface area contributed by atoms with E-state index in [1.54, 1.807) is 0 Å².